The number of non-ortho nitro benzene ring substituents is 1. The maximum absolute atomic E-state index is 11.6. The van der Waals surface area contributed by atoms with Gasteiger partial charge < -0.3 is 15.0 Å². The molecule has 0 unspecified atom stereocenters. The highest BCUT2D eigenvalue weighted by molar-refractivity contribution is 5.77. The number of nitrogens with zero attached hydrogens (tertiary/aromatic N) is 2. The van der Waals surface area contributed by atoms with Gasteiger partial charge in [0.2, 0.25) is 5.91 Å². The molecule has 7 heteroatoms. The Hall–Kier alpha value is -2.15. The normalized spacial score (nSPS) is 10.2. The van der Waals surface area contributed by atoms with Gasteiger partial charge in [-0.05, 0) is 13.0 Å². The van der Waals surface area contributed by atoms with Gasteiger partial charge in [-0.1, -0.05) is 0 Å². The smallest absolute Gasteiger partial charge is 0.270 e. The number of methoxy groups -OCH3 is 1. The van der Waals surface area contributed by atoms with E-state index in [0.717, 1.165) is 0 Å². The van der Waals surface area contributed by atoms with E-state index in [0.29, 0.717) is 24.4 Å². The van der Waals surface area contributed by atoms with E-state index in [4.69, 9.17) is 4.74 Å². The summed E-state index contributed by atoms with van der Waals surface area (Å²) in [6.07, 6.45) is 0. The Morgan fingerprint density at radius 3 is 2.75 bits per heavy atom. The fraction of sp³-hybridized carbons (Fsp3) is 0.462. The second kappa shape index (κ2) is 7.44. The van der Waals surface area contributed by atoms with Crippen molar-refractivity contribution in [2.45, 2.75) is 13.5 Å². The molecule has 1 rings (SSSR count). The van der Waals surface area contributed by atoms with Crippen LogP contribution in [-0.2, 0) is 11.3 Å². The lowest BCUT2D eigenvalue weighted by Crippen LogP contribution is -2.35. The van der Waals surface area contributed by atoms with Gasteiger partial charge in [-0.2, -0.15) is 0 Å². The first-order valence-corrected chi connectivity index (χ1v) is 6.25. The zero-order chi connectivity index (χ0) is 15.1. The predicted molar refractivity (Wildman–Crippen MR) is 74.7 cm³/mol. The molecule has 0 heterocycles. The molecule has 0 aliphatic heterocycles. The van der Waals surface area contributed by atoms with Crippen molar-refractivity contribution in [2.75, 3.05) is 27.2 Å². The zero-order valence-corrected chi connectivity index (χ0v) is 11.9. The predicted octanol–water partition coefficient (Wildman–Crippen LogP) is 1.17. The summed E-state index contributed by atoms with van der Waals surface area (Å²) in [5.41, 5.74) is 0.647. The number of carbonyl (C=O) groups is 1. The Bertz CT molecular complexity index is 491. The molecule has 0 spiro atoms. The quantitative estimate of drug-likeness (QED) is 0.599. The second-order valence-corrected chi connectivity index (χ2v) is 4.26. The number of amides is 1. The van der Waals surface area contributed by atoms with Crippen molar-refractivity contribution < 1.29 is 14.5 Å². The van der Waals surface area contributed by atoms with E-state index in [9.17, 15) is 14.9 Å². The molecule has 20 heavy (non-hydrogen) atoms. The number of nitro groups is 1. The van der Waals surface area contributed by atoms with Crippen molar-refractivity contribution in [1.29, 1.82) is 0 Å². The average molecular weight is 281 g/mol. The van der Waals surface area contributed by atoms with Crippen LogP contribution in [0.1, 0.15) is 12.5 Å². The van der Waals surface area contributed by atoms with E-state index in [1.807, 2.05) is 6.92 Å². The highest BCUT2D eigenvalue weighted by Gasteiger charge is 2.12. The third-order valence-electron chi connectivity index (χ3n) is 2.97. The Balaban J connectivity index is 2.69. The van der Waals surface area contributed by atoms with Gasteiger partial charge in [0.05, 0.1) is 18.6 Å². The summed E-state index contributed by atoms with van der Waals surface area (Å²) in [6, 6.07) is 4.38. The number of carbonyl (C=O) groups excluding carboxylic acids is 1. The first-order valence-electron chi connectivity index (χ1n) is 6.25. The molecule has 110 valence electrons. The number of benzene rings is 1. The van der Waals surface area contributed by atoms with E-state index < -0.39 is 4.92 Å². The number of ether oxygens (including phenoxy) is 1. The van der Waals surface area contributed by atoms with Gasteiger partial charge >= 0.3 is 0 Å². The number of nitrogens with one attached hydrogen (secondary N) is 1. The first kappa shape index (κ1) is 15.9. The SMILES string of the molecule is CCN(C)C(=O)CNCc1cc([N+](=O)[O-])ccc1OC. The molecule has 1 aromatic rings. The standard InChI is InChI=1S/C13H19N3O4/c1-4-15(2)13(17)9-14-8-10-7-11(16(18)19)5-6-12(10)20-3/h5-7,14H,4,8-9H2,1-3H3. The largest absolute Gasteiger partial charge is 0.496 e. The number of hydrogen-bond donors (Lipinski definition) is 1. The molecule has 0 aliphatic rings. The zero-order valence-electron chi connectivity index (χ0n) is 11.9. The number of nitro benzene ring substituents is 1. The lowest BCUT2D eigenvalue weighted by atomic mass is 10.1. The summed E-state index contributed by atoms with van der Waals surface area (Å²) in [7, 11) is 3.22. The van der Waals surface area contributed by atoms with Gasteiger partial charge in [0.15, 0.2) is 0 Å². The Kier molecular flexibility index (Phi) is 5.92. The summed E-state index contributed by atoms with van der Waals surface area (Å²) in [4.78, 5) is 23.5. The van der Waals surface area contributed by atoms with Crippen LogP contribution in [0.25, 0.3) is 0 Å². The number of hydrogen-bond acceptors (Lipinski definition) is 5. The summed E-state index contributed by atoms with van der Waals surface area (Å²) in [6.45, 7) is 3.03. The summed E-state index contributed by atoms with van der Waals surface area (Å²) in [5.74, 6) is 0.524. The van der Waals surface area contributed by atoms with Crippen LogP contribution < -0.4 is 10.1 Å². The van der Waals surface area contributed by atoms with Crippen LogP contribution in [0.4, 0.5) is 5.69 Å². The van der Waals surface area contributed by atoms with E-state index in [1.165, 1.54) is 19.2 Å². The second-order valence-electron chi connectivity index (χ2n) is 4.26. The van der Waals surface area contributed by atoms with Gasteiger partial charge in [0, 0.05) is 37.8 Å². The monoisotopic (exact) mass is 281 g/mol. The molecule has 0 saturated carbocycles. The Morgan fingerprint density at radius 1 is 1.50 bits per heavy atom. The van der Waals surface area contributed by atoms with Gasteiger partial charge in [0.25, 0.3) is 5.69 Å². The van der Waals surface area contributed by atoms with Gasteiger partial charge in [-0.15, -0.1) is 0 Å². The van der Waals surface area contributed by atoms with E-state index >= 15 is 0 Å². The van der Waals surface area contributed by atoms with Crippen molar-refractivity contribution in [2.24, 2.45) is 0 Å². The van der Waals surface area contributed by atoms with E-state index in [2.05, 4.69) is 5.32 Å². The van der Waals surface area contributed by atoms with E-state index in [-0.39, 0.29) is 18.1 Å². The maximum Gasteiger partial charge on any atom is 0.270 e. The molecule has 7 nitrogen and oxygen atoms in total. The topological polar surface area (TPSA) is 84.7 Å². The molecular weight excluding hydrogens is 262 g/mol. The van der Waals surface area contributed by atoms with Crippen molar-refractivity contribution in [1.82, 2.24) is 10.2 Å². The highest BCUT2D eigenvalue weighted by atomic mass is 16.6. The third-order valence-corrected chi connectivity index (χ3v) is 2.97. The Labute approximate surface area is 117 Å². The van der Waals surface area contributed by atoms with Gasteiger partial charge in [-0.3, -0.25) is 14.9 Å². The molecular formula is C13H19N3O4. The molecule has 0 aliphatic carbocycles. The summed E-state index contributed by atoms with van der Waals surface area (Å²) < 4.78 is 5.15. The van der Waals surface area contributed by atoms with Crippen LogP contribution in [0, 0.1) is 10.1 Å². The average Bonchev–Trinajstić information content (AvgIpc) is 2.45. The maximum atomic E-state index is 11.6. The van der Waals surface area contributed by atoms with Gasteiger partial charge in [0.1, 0.15) is 5.75 Å². The van der Waals surface area contributed by atoms with Gasteiger partial charge in [-0.25, -0.2) is 0 Å². The summed E-state index contributed by atoms with van der Waals surface area (Å²) in [5, 5.41) is 13.7. The van der Waals surface area contributed by atoms with Crippen molar-refractivity contribution in [3.8, 4) is 5.75 Å². The van der Waals surface area contributed by atoms with Crippen LogP contribution in [0.5, 0.6) is 5.75 Å². The minimum atomic E-state index is -0.459. The van der Waals surface area contributed by atoms with Crippen LogP contribution in [0.15, 0.2) is 18.2 Å². The minimum Gasteiger partial charge on any atom is -0.496 e. The van der Waals surface area contributed by atoms with Crippen LogP contribution in [-0.4, -0.2) is 43.0 Å². The molecule has 1 N–H and O–H groups in total. The van der Waals surface area contributed by atoms with Crippen molar-refractivity contribution in [3.05, 3.63) is 33.9 Å². The van der Waals surface area contributed by atoms with Crippen LogP contribution in [0.2, 0.25) is 0 Å². The van der Waals surface area contributed by atoms with Crippen LogP contribution >= 0.6 is 0 Å². The minimum absolute atomic E-state index is 0.000368. The number of likely N-dealkylation sites (N-methyl/N-ethyl adjacent to an activating group) is 1. The molecule has 0 saturated heterocycles. The highest BCUT2D eigenvalue weighted by Crippen LogP contribution is 2.23. The van der Waals surface area contributed by atoms with Crippen molar-refractivity contribution in [3.63, 3.8) is 0 Å². The third kappa shape index (κ3) is 4.20. The van der Waals surface area contributed by atoms with E-state index in [1.54, 1.807) is 18.0 Å². The molecule has 0 atom stereocenters. The molecule has 0 aromatic heterocycles. The Morgan fingerprint density at radius 2 is 2.20 bits per heavy atom. The van der Waals surface area contributed by atoms with Crippen LogP contribution in [0.3, 0.4) is 0 Å². The number of rotatable bonds is 7. The fourth-order valence-electron chi connectivity index (χ4n) is 1.63. The molecule has 1 amide bonds. The lowest BCUT2D eigenvalue weighted by Gasteiger charge is -2.15. The molecule has 0 radical (unpaired) electrons. The lowest BCUT2D eigenvalue weighted by molar-refractivity contribution is -0.384. The first-order chi connectivity index (χ1) is 9.49. The molecule has 0 bridgehead atoms. The van der Waals surface area contributed by atoms with Crippen molar-refractivity contribution >= 4 is 11.6 Å². The molecule has 1 aromatic carbocycles. The fourth-order valence-corrected chi connectivity index (χ4v) is 1.63. The molecule has 0 fully saturated rings. The summed E-state index contributed by atoms with van der Waals surface area (Å²) >= 11 is 0.